The van der Waals surface area contributed by atoms with Crippen molar-refractivity contribution in [3.63, 3.8) is 0 Å². The number of nitrogens with zero attached hydrogens (tertiary/aromatic N) is 1. The number of aliphatic hydroxyl groups is 1. The second-order valence-corrected chi connectivity index (χ2v) is 8.98. The fourth-order valence-electron chi connectivity index (χ4n) is 3.40. The number of aliphatic hydroxyl groups excluding tert-OH is 1. The van der Waals surface area contributed by atoms with Gasteiger partial charge in [-0.1, -0.05) is 26.3 Å². The molecule has 0 aromatic rings. The Morgan fingerprint density at radius 1 is 1.28 bits per heavy atom. The van der Waals surface area contributed by atoms with Crippen LogP contribution in [-0.2, 0) is 14.3 Å². The molecule has 1 saturated heterocycles. The lowest BCUT2D eigenvalue weighted by molar-refractivity contribution is -0.149. The van der Waals surface area contributed by atoms with E-state index in [1.165, 1.54) is 0 Å². The van der Waals surface area contributed by atoms with E-state index in [0.717, 1.165) is 17.7 Å². The van der Waals surface area contributed by atoms with Crippen molar-refractivity contribution in [2.24, 2.45) is 11.8 Å². The molecule has 166 valence electrons. The average molecular weight is 413 g/mol. The molecule has 0 aromatic heterocycles. The molecule has 2 unspecified atom stereocenters. The van der Waals surface area contributed by atoms with E-state index < -0.39 is 41.8 Å². The van der Waals surface area contributed by atoms with Gasteiger partial charge in [0.2, 0.25) is 5.91 Å². The lowest BCUT2D eigenvalue weighted by atomic mass is 9.92. The standard InChI is InChI=1S/C21H36N2O6/c1-7-13(2)9-8-10-14(3)17(22-20(28)29-21(4,5)6)18(25)23-12-15(24)11-16(23)19(26)27/h7,13-17,24H,1,8-12H2,2-6H3,(H,22,28)(H,26,27)/t13?,14-,15-,16+,17?/m1/s1. The van der Waals surface area contributed by atoms with E-state index in [0.29, 0.717) is 12.3 Å². The Morgan fingerprint density at radius 3 is 2.41 bits per heavy atom. The molecule has 2 amide bonds. The van der Waals surface area contributed by atoms with Crippen molar-refractivity contribution in [1.82, 2.24) is 10.2 Å². The molecular formula is C21H36N2O6. The van der Waals surface area contributed by atoms with Gasteiger partial charge in [-0.05, 0) is 45.4 Å². The maximum atomic E-state index is 13.2. The summed E-state index contributed by atoms with van der Waals surface area (Å²) < 4.78 is 5.29. The summed E-state index contributed by atoms with van der Waals surface area (Å²) in [4.78, 5) is 38.2. The zero-order valence-corrected chi connectivity index (χ0v) is 18.2. The summed E-state index contributed by atoms with van der Waals surface area (Å²) in [6.45, 7) is 12.8. The van der Waals surface area contributed by atoms with Gasteiger partial charge in [0.15, 0.2) is 0 Å². The highest BCUT2D eigenvalue weighted by Crippen LogP contribution is 2.24. The number of likely N-dealkylation sites (tertiary alicyclic amines) is 1. The van der Waals surface area contributed by atoms with E-state index in [4.69, 9.17) is 4.74 Å². The van der Waals surface area contributed by atoms with Crippen molar-refractivity contribution in [3.05, 3.63) is 12.7 Å². The van der Waals surface area contributed by atoms with Gasteiger partial charge in [-0.15, -0.1) is 6.58 Å². The summed E-state index contributed by atoms with van der Waals surface area (Å²) in [7, 11) is 0. The molecule has 0 spiro atoms. The first kappa shape index (κ1) is 24.9. The Morgan fingerprint density at radius 2 is 1.90 bits per heavy atom. The third kappa shape index (κ3) is 8.04. The second kappa shape index (κ2) is 10.6. The van der Waals surface area contributed by atoms with Crippen molar-refractivity contribution in [1.29, 1.82) is 0 Å². The first-order valence-corrected chi connectivity index (χ1v) is 10.2. The molecule has 3 N–H and O–H groups in total. The van der Waals surface area contributed by atoms with E-state index in [-0.39, 0.29) is 18.9 Å². The van der Waals surface area contributed by atoms with E-state index in [1.54, 1.807) is 20.8 Å². The smallest absolute Gasteiger partial charge is 0.408 e. The highest BCUT2D eigenvalue weighted by Gasteiger charge is 2.43. The van der Waals surface area contributed by atoms with Crippen LogP contribution in [0.3, 0.4) is 0 Å². The SMILES string of the molecule is C=CC(C)CCC[C@@H](C)C(NC(=O)OC(C)(C)C)C(=O)N1C[C@H](O)C[C@H]1C(=O)O. The second-order valence-electron chi connectivity index (χ2n) is 8.98. The van der Waals surface area contributed by atoms with E-state index in [2.05, 4.69) is 18.8 Å². The summed E-state index contributed by atoms with van der Waals surface area (Å²) in [6.07, 6.45) is 2.62. The van der Waals surface area contributed by atoms with Gasteiger partial charge < -0.3 is 25.2 Å². The Hall–Kier alpha value is -2.09. The molecule has 0 saturated carbocycles. The molecule has 0 bridgehead atoms. The zero-order valence-electron chi connectivity index (χ0n) is 18.2. The fourth-order valence-corrected chi connectivity index (χ4v) is 3.40. The fraction of sp³-hybridized carbons (Fsp3) is 0.762. The minimum absolute atomic E-state index is 0.0224. The van der Waals surface area contributed by atoms with Crippen LogP contribution in [0, 0.1) is 11.8 Å². The van der Waals surface area contributed by atoms with Gasteiger partial charge in [0.1, 0.15) is 17.7 Å². The van der Waals surface area contributed by atoms with Crippen LogP contribution in [0.15, 0.2) is 12.7 Å². The van der Waals surface area contributed by atoms with E-state index in [1.807, 2.05) is 13.0 Å². The number of nitrogens with one attached hydrogen (secondary N) is 1. The number of carbonyl (C=O) groups excluding carboxylic acids is 2. The van der Waals surface area contributed by atoms with Gasteiger partial charge in [-0.2, -0.15) is 0 Å². The molecule has 5 atom stereocenters. The van der Waals surface area contributed by atoms with Crippen LogP contribution in [0.5, 0.6) is 0 Å². The quantitative estimate of drug-likeness (QED) is 0.501. The molecule has 0 radical (unpaired) electrons. The summed E-state index contributed by atoms with van der Waals surface area (Å²) in [5.74, 6) is -1.57. The average Bonchev–Trinajstić information content (AvgIpc) is 2.99. The molecular weight excluding hydrogens is 376 g/mol. The van der Waals surface area contributed by atoms with Crippen molar-refractivity contribution in [3.8, 4) is 0 Å². The summed E-state index contributed by atoms with van der Waals surface area (Å²) >= 11 is 0. The largest absolute Gasteiger partial charge is 0.480 e. The maximum Gasteiger partial charge on any atom is 0.408 e. The van der Waals surface area contributed by atoms with E-state index in [9.17, 15) is 24.6 Å². The van der Waals surface area contributed by atoms with Crippen LogP contribution < -0.4 is 5.32 Å². The highest BCUT2D eigenvalue weighted by molar-refractivity contribution is 5.90. The van der Waals surface area contributed by atoms with Crippen molar-refractivity contribution in [2.75, 3.05) is 6.54 Å². The van der Waals surface area contributed by atoms with Crippen LogP contribution in [0.1, 0.15) is 60.3 Å². The normalized spacial score (nSPS) is 22.5. The molecule has 1 rings (SSSR count). The molecule has 1 fully saturated rings. The number of β-amino-alcohol motifs (C(OH)–C–C–N with tert-alkyl or cyclic N) is 1. The first-order chi connectivity index (χ1) is 13.4. The van der Waals surface area contributed by atoms with Gasteiger partial charge in [0, 0.05) is 13.0 Å². The molecule has 0 aliphatic carbocycles. The predicted molar refractivity (Wildman–Crippen MR) is 109 cm³/mol. The number of carboxylic acid groups (broad SMARTS) is 1. The van der Waals surface area contributed by atoms with Crippen LogP contribution in [0.25, 0.3) is 0 Å². The summed E-state index contributed by atoms with van der Waals surface area (Å²) in [5, 5.41) is 21.9. The number of allylic oxidation sites excluding steroid dienone is 1. The molecule has 1 aliphatic heterocycles. The van der Waals surface area contributed by atoms with Crippen molar-refractivity contribution in [2.45, 2.75) is 84.1 Å². The number of carboxylic acids is 1. The molecule has 0 aromatic carbocycles. The number of rotatable bonds is 9. The minimum atomic E-state index is -1.17. The van der Waals surface area contributed by atoms with Gasteiger partial charge in [0.25, 0.3) is 0 Å². The summed E-state index contributed by atoms with van der Waals surface area (Å²) in [5.41, 5.74) is -0.728. The number of alkyl carbamates (subject to hydrolysis) is 1. The molecule has 29 heavy (non-hydrogen) atoms. The van der Waals surface area contributed by atoms with Crippen LogP contribution in [-0.4, -0.2) is 63.4 Å². The lowest BCUT2D eigenvalue weighted by Crippen LogP contribution is -2.55. The Bertz CT molecular complexity index is 600. The van der Waals surface area contributed by atoms with Crippen molar-refractivity contribution >= 4 is 18.0 Å². The van der Waals surface area contributed by atoms with Crippen molar-refractivity contribution < 1.29 is 29.3 Å². The number of aliphatic carboxylic acids is 1. The monoisotopic (exact) mass is 412 g/mol. The van der Waals surface area contributed by atoms with Gasteiger partial charge in [0.05, 0.1) is 6.10 Å². The number of ether oxygens (including phenoxy) is 1. The molecule has 1 aliphatic rings. The maximum absolute atomic E-state index is 13.2. The van der Waals surface area contributed by atoms with Crippen LogP contribution in [0.2, 0.25) is 0 Å². The third-order valence-corrected chi connectivity index (χ3v) is 5.08. The number of amides is 2. The highest BCUT2D eigenvalue weighted by atomic mass is 16.6. The first-order valence-electron chi connectivity index (χ1n) is 10.2. The third-order valence-electron chi connectivity index (χ3n) is 5.08. The predicted octanol–water partition coefficient (Wildman–Crippen LogP) is 2.55. The Labute approximate surface area is 173 Å². The molecule has 1 heterocycles. The number of hydrogen-bond donors (Lipinski definition) is 3. The topological polar surface area (TPSA) is 116 Å². The lowest BCUT2D eigenvalue weighted by Gasteiger charge is -2.31. The molecule has 8 heteroatoms. The number of carbonyl (C=O) groups is 3. The minimum Gasteiger partial charge on any atom is -0.480 e. The zero-order chi connectivity index (χ0) is 22.4. The van der Waals surface area contributed by atoms with Gasteiger partial charge in [-0.3, -0.25) is 4.79 Å². The molecule has 8 nitrogen and oxygen atoms in total. The Kier molecular flexibility index (Phi) is 9.14. The van der Waals surface area contributed by atoms with E-state index >= 15 is 0 Å². The van der Waals surface area contributed by atoms with Crippen LogP contribution in [0.4, 0.5) is 4.79 Å². The summed E-state index contributed by atoms with van der Waals surface area (Å²) in [6, 6.07) is -2.04. The van der Waals surface area contributed by atoms with Gasteiger partial charge >= 0.3 is 12.1 Å². The van der Waals surface area contributed by atoms with Gasteiger partial charge in [-0.25, -0.2) is 9.59 Å². The number of hydrogen-bond acceptors (Lipinski definition) is 5. The van der Waals surface area contributed by atoms with Crippen LogP contribution >= 0.6 is 0 Å². The Balaban J connectivity index is 2.95.